The summed E-state index contributed by atoms with van der Waals surface area (Å²) in [6.07, 6.45) is -3.16. The first kappa shape index (κ1) is 33.0. The van der Waals surface area contributed by atoms with E-state index in [-0.39, 0.29) is 31.1 Å². The Morgan fingerprint density at radius 3 is 2.42 bits per heavy atom. The molecular weight excluding hydrogens is 588 g/mol. The fourth-order valence-corrected chi connectivity index (χ4v) is 10.4. The van der Waals surface area contributed by atoms with Crippen molar-refractivity contribution in [3.63, 3.8) is 0 Å². The average Bonchev–Trinajstić information content (AvgIpc) is 3.27. The zero-order valence-corrected chi connectivity index (χ0v) is 26.6. The lowest BCUT2D eigenvalue weighted by atomic mass is 9.40. The molecule has 0 aromatic carbocycles. The maximum atomic E-state index is 12.8. The molecule has 15 unspecified atom stereocenters. The SMILES string of the molecule is COC1C(O)C(C)OC(OC2CCC3(C)C(C2)C(OC(C)=O)CC2(O)C3CC(O)C3(C)C(c4ccc(=O)oc4)CCC23O)C1O. The van der Waals surface area contributed by atoms with E-state index in [0.717, 1.165) is 0 Å². The van der Waals surface area contributed by atoms with E-state index in [0.29, 0.717) is 31.2 Å². The summed E-state index contributed by atoms with van der Waals surface area (Å²) in [4.78, 5) is 24.1. The van der Waals surface area contributed by atoms with E-state index < -0.39 is 88.6 Å². The van der Waals surface area contributed by atoms with Crippen LogP contribution in [-0.4, -0.2) is 98.8 Å². The largest absolute Gasteiger partial charge is 0.462 e. The molecule has 0 amide bonds. The van der Waals surface area contributed by atoms with Gasteiger partial charge in [0.15, 0.2) is 6.29 Å². The molecule has 0 radical (unpaired) electrons. The topological polar surface area (TPSA) is 185 Å². The predicted octanol–water partition coefficient (Wildman–Crippen LogP) is 1.38. The van der Waals surface area contributed by atoms with Gasteiger partial charge in [-0.3, -0.25) is 4.79 Å². The zero-order valence-electron chi connectivity index (χ0n) is 26.6. The highest BCUT2D eigenvalue weighted by molar-refractivity contribution is 5.66. The lowest BCUT2D eigenvalue weighted by Gasteiger charge is -2.69. The van der Waals surface area contributed by atoms with Crippen LogP contribution in [0.3, 0.4) is 0 Å². The summed E-state index contributed by atoms with van der Waals surface area (Å²) >= 11 is 0. The van der Waals surface area contributed by atoms with E-state index in [4.69, 9.17) is 23.4 Å². The second-order valence-corrected chi connectivity index (χ2v) is 14.7. The maximum Gasteiger partial charge on any atom is 0.335 e. The number of esters is 1. The van der Waals surface area contributed by atoms with Crippen molar-refractivity contribution in [3.8, 4) is 0 Å². The molecule has 1 aromatic heterocycles. The van der Waals surface area contributed by atoms with Crippen molar-refractivity contribution >= 4 is 5.97 Å². The molecule has 45 heavy (non-hydrogen) atoms. The van der Waals surface area contributed by atoms with E-state index in [2.05, 4.69) is 0 Å². The van der Waals surface area contributed by atoms with Gasteiger partial charge in [-0.25, -0.2) is 4.79 Å². The standard InChI is InChI=1S/C33H48O12/c1-16-26(37)28(41-5)27(38)29(43-16)45-19-8-10-30(3)21(12-19)22(44-17(2)34)14-32(39)23(30)13-24(35)31(4)20(9-11-33(31,32)40)18-6-7-25(36)42-15-18/h6-7,15-16,19-24,26-29,35,37-40H,8-14H2,1-5H3. The number of methoxy groups -OCH3 is 1. The van der Waals surface area contributed by atoms with Crippen LogP contribution in [0, 0.1) is 22.7 Å². The average molecular weight is 637 g/mol. The first-order chi connectivity index (χ1) is 21.1. The molecule has 1 saturated heterocycles. The number of aliphatic hydroxyl groups is 5. The van der Waals surface area contributed by atoms with Crippen LogP contribution in [0.2, 0.25) is 0 Å². The van der Waals surface area contributed by atoms with Crippen LogP contribution in [-0.2, 0) is 23.7 Å². The Kier molecular flexibility index (Phi) is 8.34. The number of hydrogen-bond donors (Lipinski definition) is 5. The van der Waals surface area contributed by atoms with Crippen LogP contribution in [0.5, 0.6) is 0 Å². The molecule has 15 atom stereocenters. The maximum absolute atomic E-state index is 12.8. The van der Waals surface area contributed by atoms with Crippen molar-refractivity contribution in [2.75, 3.05) is 7.11 Å². The molecule has 1 aromatic rings. The first-order valence-corrected chi connectivity index (χ1v) is 16.2. The summed E-state index contributed by atoms with van der Waals surface area (Å²) in [5, 5.41) is 58.7. The van der Waals surface area contributed by atoms with Gasteiger partial charge in [0.1, 0.15) is 35.6 Å². The van der Waals surface area contributed by atoms with Crippen molar-refractivity contribution in [1.29, 1.82) is 0 Å². The fraction of sp³-hybridized carbons (Fsp3) is 0.818. The molecule has 5 fully saturated rings. The molecule has 5 aliphatic rings. The van der Waals surface area contributed by atoms with Crippen LogP contribution in [0.25, 0.3) is 0 Å². The molecule has 12 nitrogen and oxygen atoms in total. The molecule has 1 aliphatic heterocycles. The Morgan fingerprint density at radius 2 is 1.78 bits per heavy atom. The molecule has 0 spiro atoms. The second kappa shape index (κ2) is 11.4. The van der Waals surface area contributed by atoms with E-state index in [1.165, 1.54) is 26.4 Å². The molecule has 0 bridgehead atoms. The first-order valence-electron chi connectivity index (χ1n) is 16.2. The summed E-state index contributed by atoms with van der Waals surface area (Å²) in [6, 6.07) is 2.97. The minimum Gasteiger partial charge on any atom is -0.462 e. The summed E-state index contributed by atoms with van der Waals surface area (Å²) in [6.45, 7) is 6.85. The van der Waals surface area contributed by atoms with Crippen LogP contribution >= 0.6 is 0 Å². The summed E-state index contributed by atoms with van der Waals surface area (Å²) in [5.74, 6) is -1.69. The Balaban J connectivity index is 1.31. The van der Waals surface area contributed by atoms with E-state index in [1.54, 1.807) is 19.9 Å². The van der Waals surface area contributed by atoms with Crippen molar-refractivity contribution in [2.24, 2.45) is 22.7 Å². The molecule has 4 aliphatic carbocycles. The third-order valence-electron chi connectivity index (χ3n) is 12.8. The number of hydrogen-bond acceptors (Lipinski definition) is 12. The lowest BCUT2D eigenvalue weighted by Crippen LogP contribution is -2.77. The smallest absolute Gasteiger partial charge is 0.335 e. The fourth-order valence-electron chi connectivity index (χ4n) is 10.4. The Hall–Kier alpha value is -1.90. The second-order valence-electron chi connectivity index (χ2n) is 14.7. The van der Waals surface area contributed by atoms with Gasteiger partial charge in [0.2, 0.25) is 0 Å². The molecule has 12 heteroatoms. The number of ether oxygens (including phenoxy) is 4. The van der Waals surface area contributed by atoms with Gasteiger partial charge in [-0.2, -0.15) is 0 Å². The van der Waals surface area contributed by atoms with Gasteiger partial charge in [-0.1, -0.05) is 13.8 Å². The van der Waals surface area contributed by atoms with Crippen molar-refractivity contribution < 1.29 is 53.7 Å². The number of fused-ring (bicyclic) bond motifs is 5. The minimum absolute atomic E-state index is 0.0167. The molecular formula is C33H48O12. The van der Waals surface area contributed by atoms with Crippen LogP contribution in [0.15, 0.2) is 27.6 Å². The Bertz CT molecular complexity index is 1310. The molecule has 5 N–H and O–H groups in total. The van der Waals surface area contributed by atoms with E-state index >= 15 is 0 Å². The summed E-state index contributed by atoms with van der Waals surface area (Å²) < 4.78 is 28.5. The zero-order chi connectivity index (χ0) is 32.7. The van der Waals surface area contributed by atoms with Gasteiger partial charge < -0.3 is 48.9 Å². The predicted molar refractivity (Wildman–Crippen MR) is 157 cm³/mol. The number of rotatable bonds is 5. The third-order valence-corrected chi connectivity index (χ3v) is 12.8. The van der Waals surface area contributed by atoms with Gasteiger partial charge >= 0.3 is 11.6 Å². The lowest BCUT2D eigenvalue weighted by molar-refractivity contribution is -0.339. The van der Waals surface area contributed by atoms with Crippen LogP contribution < -0.4 is 5.63 Å². The summed E-state index contributed by atoms with van der Waals surface area (Å²) in [5.41, 5.74) is -5.05. The van der Waals surface area contributed by atoms with E-state index in [1.807, 2.05) is 6.92 Å². The monoisotopic (exact) mass is 636 g/mol. The van der Waals surface area contributed by atoms with Gasteiger partial charge in [0, 0.05) is 37.9 Å². The van der Waals surface area contributed by atoms with Crippen LogP contribution in [0.1, 0.15) is 84.1 Å². The molecule has 4 saturated carbocycles. The highest BCUT2D eigenvalue weighted by atomic mass is 16.7. The van der Waals surface area contributed by atoms with Gasteiger partial charge in [-0.15, -0.1) is 0 Å². The van der Waals surface area contributed by atoms with Crippen molar-refractivity contribution in [1.82, 2.24) is 0 Å². The molecule has 252 valence electrons. The minimum atomic E-state index is -1.73. The molecule has 2 heterocycles. The van der Waals surface area contributed by atoms with Gasteiger partial charge in [0.25, 0.3) is 0 Å². The highest BCUT2D eigenvalue weighted by Gasteiger charge is 2.78. The quantitative estimate of drug-likeness (QED) is 0.231. The van der Waals surface area contributed by atoms with Gasteiger partial charge in [0.05, 0.1) is 24.6 Å². The molecule has 6 rings (SSSR count). The number of carbonyl (C=O) groups is 1. The number of carbonyl (C=O) groups excluding carboxylic acids is 1. The normalized spacial score (nSPS) is 51.1. The van der Waals surface area contributed by atoms with E-state index in [9.17, 15) is 35.1 Å². The van der Waals surface area contributed by atoms with Crippen molar-refractivity contribution in [3.05, 3.63) is 34.4 Å². The summed E-state index contributed by atoms with van der Waals surface area (Å²) in [7, 11) is 1.41. The van der Waals surface area contributed by atoms with Crippen LogP contribution in [0.4, 0.5) is 0 Å². The number of aliphatic hydroxyl groups excluding tert-OH is 3. The highest BCUT2D eigenvalue weighted by Crippen LogP contribution is 2.72. The Morgan fingerprint density at radius 1 is 1.04 bits per heavy atom. The third kappa shape index (κ3) is 4.77. The van der Waals surface area contributed by atoms with Gasteiger partial charge in [-0.05, 0) is 74.3 Å². The Labute approximate surface area is 262 Å². The van der Waals surface area contributed by atoms with Crippen molar-refractivity contribution in [2.45, 2.75) is 139 Å².